The fourth-order valence-corrected chi connectivity index (χ4v) is 4.39. The third-order valence-electron chi connectivity index (χ3n) is 5.50. The maximum Gasteiger partial charge on any atom is 0.165 e. The van der Waals surface area contributed by atoms with Crippen molar-refractivity contribution < 1.29 is 18.3 Å². The number of hydrogen-bond donors (Lipinski definition) is 0. The minimum absolute atomic E-state index is 0.0679. The van der Waals surface area contributed by atoms with Gasteiger partial charge in [0.2, 0.25) is 0 Å². The van der Waals surface area contributed by atoms with E-state index in [2.05, 4.69) is 0 Å². The number of rotatable bonds is 2. The Morgan fingerprint density at radius 3 is 2.60 bits per heavy atom. The second kappa shape index (κ2) is 6.58. The number of fused-ring (bicyclic) bond motifs is 3. The Morgan fingerprint density at radius 2 is 1.80 bits per heavy atom. The smallest absolute Gasteiger partial charge is 0.165 e. The van der Waals surface area contributed by atoms with E-state index in [-0.39, 0.29) is 11.7 Å². The first-order valence-electron chi connectivity index (χ1n) is 8.53. The van der Waals surface area contributed by atoms with Gasteiger partial charge in [0.25, 0.3) is 0 Å². The predicted octanol–water partition coefficient (Wildman–Crippen LogP) is 4.92. The monoisotopic (exact) mass is 364 g/mol. The van der Waals surface area contributed by atoms with Crippen molar-refractivity contribution in [3.63, 3.8) is 0 Å². The van der Waals surface area contributed by atoms with Gasteiger partial charge in [0.1, 0.15) is 5.82 Å². The molecule has 0 aliphatic carbocycles. The predicted molar refractivity (Wildman–Crippen MR) is 92.2 cm³/mol. The maximum atomic E-state index is 14.9. The zero-order valence-corrected chi connectivity index (χ0v) is 14.5. The van der Waals surface area contributed by atoms with Crippen molar-refractivity contribution in [1.82, 2.24) is 0 Å². The van der Waals surface area contributed by atoms with E-state index in [9.17, 15) is 8.78 Å². The lowest BCUT2D eigenvalue weighted by molar-refractivity contribution is -0.00631. The molecule has 2 atom stereocenters. The zero-order chi connectivity index (χ0) is 17.4. The van der Waals surface area contributed by atoms with Gasteiger partial charge in [-0.25, -0.2) is 8.78 Å². The van der Waals surface area contributed by atoms with Gasteiger partial charge in [-0.1, -0.05) is 23.7 Å². The molecule has 0 N–H and O–H groups in total. The fraction of sp³-hybridized carbons (Fsp3) is 0.400. The molecule has 0 saturated carbocycles. The molecule has 2 heterocycles. The summed E-state index contributed by atoms with van der Waals surface area (Å²) in [7, 11) is 0. The molecule has 25 heavy (non-hydrogen) atoms. The summed E-state index contributed by atoms with van der Waals surface area (Å²) in [5, 5.41) is 0.659. The molecular formula is C20H19ClF2O2. The molecule has 1 saturated heterocycles. The van der Waals surface area contributed by atoms with Crippen LogP contribution in [0, 0.1) is 17.6 Å². The first kappa shape index (κ1) is 16.8. The van der Waals surface area contributed by atoms with Crippen LogP contribution in [-0.2, 0) is 16.6 Å². The van der Waals surface area contributed by atoms with E-state index in [4.69, 9.17) is 21.1 Å². The quantitative estimate of drug-likeness (QED) is 0.753. The zero-order valence-electron chi connectivity index (χ0n) is 13.7. The van der Waals surface area contributed by atoms with Gasteiger partial charge >= 0.3 is 0 Å². The molecule has 0 radical (unpaired) electrons. The van der Waals surface area contributed by atoms with Crippen LogP contribution in [0.2, 0.25) is 5.02 Å². The second-order valence-electron chi connectivity index (χ2n) is 6.85. The largest absolute Gasteiger partial charge is 0.490 e. The summed E-state index contributed by atoms with van der Waals surface area (Å²) in [6.45, 7) is 1.43. The number of benzene rings is 2. The molecule has 1 fully saturated rings. The molecule has 5 heteroatoms. The molecule has 0 unspecified atom stereocenters. The Balaban J connectivity index is 1.88. The third-order valence-corrected chi connectivity index (χ3v) is 5.75. The van der Waals surface area contributed by atoms with Crippen LogP contribution in [0.1, 0.15) is 24.0 Å². The molecule has 0 bridgehead atoms. The van der Waals surface area contributed by atoms with Gasteiger partial charge < -0.3 is 9.47 Å². The van der Waals surface area contributed by atoms with Crippen molar-refractivity contribution in [2.24, 2.45) is 5.92 Å². The summed E-state index contributed by atoms with van der Waals surface area (Å²) in [5.74, 6) is -0.758. The van der Waals surface area contributed by atoms with Crippen LogP contribution < -0.4 is 4.74 Å². The van der Waals surface area contributed by atoms with E-state index in [1.54, 1.807) is 0 Å². The SMILES string of the molecule is Fc1ccc(F)c2c1OCC[C@H]1COCC[C@@]21Cc1ccc(Cl)cc1. The highest BCUT2D eigenvalue weighted by molar-refractivity contribution is 6.30. The molecule has 2 nitrogen and oxygen atoms in total. The highest BCUT2D eigenvalue weighted by Crippen LogP contribution is 2.50. The Hall–Kier alpha value is -1.65. The Kier molecular flexibility index (Phi) is 4.42. The summed E-state index contributed by atoms with van der Waals surface area (Å²) in [6, 6.07) is 9.91. The molecule has 2 aromatic carbocycles. The van der Waals surface area contributed by atoms with Gasteiger partial charge in [-0.3, -0.25) is 0 Å². The van der Waals surface area contributed by atoms with E-state index in [1.165, 1.54) is 6.07 Å². The lowest BCUT2D eigenvalue weighted by Gasteiger charge is -2.44. The number of halogens is 3. The Morgan fingerprint density at radius 1 is 1.04 bits per heavy atom. The molecule has 4 rings (SSSR count). The van der Waals surface area contributed by atoms with Gasteiger partial charge in [0.05, 0.1) is 13.2 Å². The van der Waals surface area contributed by atoms with Crippen LogP contribution in [0.5, 0.6) is 5.75 Å². The lowest BCUT2D eigenvalue weighted by Crippen LogP contribution is -2.45. The van der Waals surface area contributed by atoms with Crippen LogP contribution in [0.25, 0.3) is 0 Å². The molecule has 2 aliphatic heterocycles. The van der Waals surface area contributed by atoms with Gasteiger partial charge in [-0.15, -0.1) is 0 Å². The van der Waals surface area contributed by atoms with E-state index in [0.717, 1.165) is 11.6 Å². The summed E-state index contributed by atoms with van der Waals surface area (Å²) in [5.41, 5.74) is 0.880. The van der Waals surface area contributed by atoms with Crippen LogP contribution in [0.15, 0.2) is 36.4 Å². The highest BCUT2D eigenvalue weighted by Gasteiger charge is 2.48. The van der Waals surface area contributed by atoms with Gasteiger partial charge in [-0.05, 0) is 55.0 Å². The molecular weight excluding hydrogens is 346 g/mol. The fourth-order valence-electron chi connectivity index (χ4n) is 4.26. The number of ether oxygens (including phenoxy) is 2. The highest BCUT2D eigenvalue weighted by atomic mass is 35.5. The molecule has 2 aromatic rings. The average molecular weight is 365 g/mol. The van der Waals surface area contributed by atoms with Crippen LogP contribution in [0.3, 0.4) is 0 Å². The minimum atomic E-state index is -0.538. The standard InChI is InChI=1S/C20H19ClF2O2/c21-15-3-1-13(2-4-15)11-20-8-10-24-12-14(20)7-9-25-19-17(23)6-5-16(22)18(19)20/h1-6,14H,7-12H2/t14-,20-/m0/s1. The second-order valence-corrected chi connectivity index (χ2v) is 7.29. The topological polar surface area (TPSA) is 18.5 Å². The first-order valence-corrected chi connectivity index (χ1v) is 8.91. The summed E-state index contributed by atoms with van der Waals surface area (Å²) in [4.78, 5) is 0. The normalized spacial score (nSPS) is 25.5. The summed E-state index contributed by atoms with van der Waals surface area (Å²) in [6.07, 6.45) is 1.95. The molecule has 132 valence electrons. The van der Waals surface area contributed by atoms with Gasteiger partial charge in [0, 0.05) is 22.6 Å². The Labute approximate surface area is 150 Å². The lowest BCUT2D eigenvalue weighted by atomic mass is 9.63. The maximum absolute atomic E-state index is 14.9. The molecule has 2 aliphatic rings. The van der Waals surface area contributed by atoms with Crippen LogP contribution >= 0.6 is 11.6 Å². The minimum Gasteiger partial charge on any atom is -0.490 e. The van der Waals surface area contributed by atoms with E-state index < -0.39 is 17.0 Å². The van der Waals surface area contributed by atoms with Gasteiger partial charge in [-0.2, -0.15) is 0 Å². The third kappa shape index (κ3) is 2.91. The van der Waals surface area contributed by atoms with Crippen molar-refractivity contribution in [3.05, 3.63) is 64.2 Å². The van der Waals surface area contributed by atoms with Crippen molar-refractivity contribution in [1.29, 1.82) is 0 Å². The first-order chi connectivity index (χ1) is 12.1. The molecule has 0 amide bonds. The summed E-state index contributed by atoms with van der Waals surface area (Å²) >= 11 is 5.99. The van der Waals surface area contributed by atoms with Crippen LogP contribution in [-0.4, -0.2) is 19.8 Å². The number of hydrogen-bond acceptors (Lipinski definition) is 2. The van der Waals surface area contributed by atoms with Crippen molar-refractivity contribution in [3.8, 4) is 5.75 Å². The Bertz CT molecular complexity index is 778. The summed E-state index contributed by atoms with van der Waals surface area (Å²) < 4.78 is 40.6. The van der Waals surface area contributed by atoms with E-state index in [0.29, 0.717) is 49.7 Å². The van der Waals surface area contributed by atoms with E-state index in [1.807, 2.05) is 24.3 Å². The van der Waals surface area contributed by atoms with E-state index >= 15 is 0 Å². The van der Waals surface area contributed by atoms with Crippen molar-refractivity contribution in [2.75, 3.05) is 19.8 Å². The molecule has 0 spiro atoms. The average Bonchev–Trinajstić information content (AvgIpc) is 2.78. The van der Waals surface area contributed by atoms with Crippen LogP contribution in [0.4, 0.5) is 8.78 Å². The van der Waals surface area contributed by atoms with Gasteiger partial charge in [0.15, 0.2) is 11.6 Å². The van der Waals surface area contributed by atoms with Crippen molar-refractivity contribution in [2.45, 2.75) is 24.7 Å². The molecule has 0 aromatic heterocycles. The van der Waals surface area contributed by atoms with Crippen molar-refractivity contribution >= 4 is 11.6 Å².